The molecule has 2 aliphatic rings. The van der Waals surface area contributed by atoms with E-state index in [2.05, 4.69) is 36.4 Å². The van der Waals surface area contributed by atoms with Gasteiger partial charge in [0.2, 0.25) is 0 Å². The van der Waals surface area contributed by atoms with Gasteiger partial charge in [-0.25, -0.2) is 4.99 Å². The second-order valence-corrected chi connectivity index (χ2v) is 9.57. The lowest BCUT2D eigenvalue weighted by molar-refractivity contribution is 0.340. The van der Waals surface area contributed by atoms with Gasteiger partial charge in [-0.2, -0.15) is 0 Å². The van der Waals surface area contributed by atoms with E-state index in [0.717, 1.165) is 35.6 Å². The molecule has 0 fully saturated rings. The predicted molar refractivity (Wildman–Crippen MR) is 134 cm³/mol. The molecule has 34 heavy (non-hydrogen) atoms. The Morgan fingerprint density at radius 3 is 2.71 bits per heavy atom. The molecule has 1 unspecified atom stereocenters. The number of rotatable bonds is 4. The normalized spacial score (nSPS) is 17.1. The molecule has 5 nitrogen and oxygen atoms in total. The number of allylic oxidation sites excluding steroid dienone is 1. The van der Waals surface area contributed by atoms with Gasteiger partial charge >= 0.3 is 0 Å². The third kappa shape index (κ3) is 3.46. The van der Waals surface area contributed by atoms with Crippen LogP contribution in [0.3, 0.4) is 0 Å². The molecule has 170 valence electrons. The van der Waals surface area contributed by atoms with Gasteiger partial charge in [-0.3, -0.25) is 9.36 Å². The highest BCUT2D eigenvalue weighted by Gasteiger charge is 2.32. The number of furan rings is 1. The van der Waals surface area contributed by atoms with Crippen LogP contribution in [0.25, 0.3) is 11.8 Å². The average Bonchev–Trinajstić information content (AvgIpc) is 3.40. The van der Waals surface area contributed by atoms with Gasteiger partial charge in [-0.1, -0.05) is 47.7 Å². The summed E-state index contributed by atoms with van der Waals surface area (Å²) in [5.74, 6) is 2.32. The fourth-order valence-electron chi connectivity index (χ4n) is 4.90. The van der Waals surface area contributed by atoms with Crippen molar-refractivity contribution in [2.45, 2.75) is 32.7 Å². The summed E-state index contributed by atoms with van der Waals surface area (Å²) in [7, 11) is 0. The van der Waals surface area contributed by atoms with Gasteiger partial charge in [0.25, 0.3) is 5.56 Å². The van der Waals surface area contributed by atoms with Crippen molar-refractivity contribution in [3.8, 4) is 5.75 Å². The van der Waals surface area contributed by atoms with Crippen LogP contribution < -0.4 is 19.6 Å². The van der Waals surface area contributed by atoms with Gasteiger partial charge in [0, 0.05) is 11.6 Å². The molecule has 0 saturated carbocycles. The second kappa shape index (κ2) is 8.29. The smallest absolute Gasteiger partial charge is 0.271 e. The Balaban J connectivity index is 1.59. The predicted octanol–water partition coefficient (Wildman–Crippen LogP) is 4.62. The second-order valence-electron chi connectivity index (χ2n) is 8.56. The zero-order valence-corrected chi connectivity index (χ0v) is 19.9. The van der Waals surface area contributed by atoms with Crippen molar-refractivity contribution in [1.29, 1.82) is 0 Å². The molecule has 0 amide bonds. The van der Waals surface area contributed by atoms with E-state index in [-0.39, 0.29) is 11.6 Å². The highest BCUT2D eigenvalue weighted by atomic mass is 32.1. The number of nitrogens with zero attached hydrogens (tertiary/aromatic N) is 2. The molecule has 0 N–H and O–H groups in total. The van der Waals surface area contributed by atoms with E-state index in [4.69, 9.17) is 14.1 Å². The van der Waals surface area contributed by atoms with Gasteiger partial charge < -0.3 is 9.15 Å². The fourth-order valence-corrected chi connectivity index (χ4v) is 5.88. The molecule has 2 aromatic heterocycles. The van der Waals surface area contributed by atoms with Crippen molar-refractivity contribution in [3.05, 3.63) is 114 Å². The van der Waals surface area contributed by atoms with Crippen LogP contribution in [0, 0.1) is 6.92 Å². The van der Waals surface area contributed by atoms with Crippen molar-refractivity contribution in [2.24, 2.45) is 4.99 Å². The Morgan fingerprint density at radius 1 is 1.12 bits per heavy atom. The topological polar surface area (TPSA) is 56.7 Å². The number of aromatic nitrogens is 1. The quantitative estimate of drug-likeness (QED) is 0.439. The summed E-state index contributed by atoms with van der Waals surface area (Å²) in [6.45, 7) is 4.49. The number of ether oxygens (including phenoxy) is 1. The molecule has 1 atom stereocenters. The number of hydrogen-bond acceptors (Lipinski definition) is 5. The van der Waals surface area contributed by atoms with E-state index in [9.17, 15) is 4.79 Å². The number of fused-ring (bicyclic) bond motifs is 3. The van der Waals surface area contributed by atoms with Crippen molar-refractivity contribution < 1.29 is 9.15 Å². The maximum Gasteiger partial charge on any atom is 0.271 e. The summed E-state index contributed by atoms with van der Waals surface area (Å²) in [6, 6.07) is 20.2. The summed E-state index contributed by atoms with van der Waals surface area (Å²) in [5.41, 5.74) is 5.69. The van der Waals surface area contributed by atoms with Crippen LogP contribution in [-0.2, 0) is 6.42 Å². The first-order valence-corrected chi connectivity index (χ1v) is 12.4. The van der Waals surface area contributed by atoms with E-state index in [1.807, 2.05) is 48.8 Å². The van der Waals surface area contributed by atoms with Crippen molar-refractivity contribution in [3.63, 3.8) is 0 Å². The van der Waals surface area contributed by atoms with E-state index >= 15 is 0 Å². The minimum atomic E-state index is -0.198. The van der Waals surface area contributed by atoms with Gasteiger partial charge in [-0.05, 0) is 67.7 Å². The monoisotopic (exact) mass is 468 g/mol. The SMILES string of the molecule is CCOc1ccc(C2C3=C(N=c4sc(=Cc5ccc(C)o5)c(=O)n42)c2ccccc2CC3)cc1. The van der Waals surface area contributed by atoms with E-state index in [1.54, 1.807) is 0 Å². The number of aryl methyl sites for hydroxylation is 2. The zero-order valence-electron chi connectivity index (χ0n) is 19.1. The van der Waals surface area contributed by atoms with Gasteiger partial charge in [0.05, 0.1) is 22.9 Å². The Kier molecular flexibility index (Phi) is 5.11. The lowest BCUT2D eigenvalue weighted by atomic mass is 9.83. The van der Waals surface area contributed by atoms with Gasteiger partial charge in [0.15, 0.2) is 4.80 Å². The van der Waals surface area contributed by atoms with Gasteiger partial charge in [0.1, 0.15) is 17.3 Å². The molecule has 0 bridgehead atoms. The van der Waals surface area contributed by atoms with Crippen molar-refractivity contribution >= 4 is 23.1 Å². The van der Waals surface area contributed by atoms with Crippen molar-refractivity contribution in [1.82, 2.24) is 4.57 Å². The van der Waals surface area contributed by atoms with Crippen LogP contribution >= 0.6 is 11.3 Å². The molecule has 0 spiro atoms. The minimum Gasteiger partial charge on any atom is -0.494 e. The Bertz CT molecular complexity index is 1600. The fraction of sp³-hybridized carbons (Fsp3) is 0.214. The Morgan fingerprint density at radius 2 is 1.94 bits per heavy atom. The third-order valence-corrected chi connectivity index (χ3v) is 7.40. The van der Waals surface area contributed by atoms with Crippen LogP contribution in [0.4, 0.5) is 0 Å². The molecule has 6 rings (SSSR count). The maximum absolute atomic E-state index is 13.7. The van der Waals surface area contributed by atoms with Crippen LogP contribution in [0.1, 0.15) is 47.6 Å². The largest absolute Gasteiger partial charge is 0.494 e. The molecule has 0 radical (unpaired) electrons. The first-order chi connectivity index (χ1) is 16.6. The summed E-state index contributed by atoms with van der Waals surface area (Å²) in [4.78, 5) is 19.5. The van der Waals surface area contributed by atoms with Crippen molar-refractivity contribution in [2.75, 3.05) is 6.61 Å². The number of thiazole rings is 1. The highest BCUT2D eigenvalue weighted by molar-refractivity contribution is 7.07. The molecule has 3 heterocycles. The zero-order chi connectivity index (χ0) is 23.2. The molecule has 1 aliphatic heterocycles. The van der Waals surface area contributed by atoms with Gasteiger partial charge in [-0.15, -0.1) is 0 Å². The standard InChI is InChI=1S/C28H24N2O3S/c1-3-32-20-13-9-19(10-14-20)26-23-15-11-18-6-4-5-7-22(18)25(23)29-28-30(26)27(31)24(34-28)16-21-12-8-17(2)33-21/h4-10,12-14,16,26H,3,11,15H2,1-2H3. The molecule has 2 aromatic carbocycles. The molecular weight excluding hydrogens is 444 g/mol. The summed E-state index contributed by atoms with van der Waals surface area (Å²) >= 11 is 1.42. The summed E-state index contributed by atoms with van der Waals surface area (Å²) < 4.78 is 13.8. The molecule has 4 aromatic rings. The first kappa shape index (κ1) is 20.9. The number of hydrogen-bond donors (Lipinski definition) is 0. The molecule has 1 aliphatic carbocycles. The van der Waals surface area contributed by atoms with E-state index < -0.39 is 0 Å². The van der Waals surface area contributed by atoms with E-state index in [0.29, 0.717) is 21.7 Å². The maximum atomic E-state index is 13.7. The highest BCUT2D eigenvalue weighted by Crippen LogP contribution is 2.41. The van der Waals surface area contributed by atoms with Crippen LogP contribution in [0.2, 0.25) is 0 Å². The Hall–Kier alpha value is -3.64. The van der Waals surface area contributed by atoms with Crippen LogP contribution in [0.5, 0.6) is 5.75 Å². The average molecular weight is 469 g/mol. The van der Waals surface area contributed by atoms with Crippen LogP contribution in [-0.4, -0.2) is 11.2 Å². The summed E-state index contributed by atoms with van der Waals surface area (Å²) in [5, 5.41) is 0. The number of benzene rings is 2. The summed E-state index contributed by atoms with van der Waals surface area (Å²) in [6.07, 6.45) is 3.63. The Labute approximate surface area is 201 Å². The lowest BCUT2D eigenvalue weighted by Crippen LogP contribution is -2.38. The van der Waals surface area contributed by atoms with E-state index in [1.165, 1.54) is 28.0 Å². The first-order valence-electron chi connectivity index (χ1n) is 11.5. The van der Waals surface area contributed by atoms with Crippen LogP contribution in [0.15, 0.2) is 80.4 Å². The molecule has 6 heteroatoms. The molecule has 0 saturated heterocycles. The molecular formula is C28H24N2O3S. The third-order valence-electron chi connectivity index (χ3n) is 6.41. The lowest BCUT2D eigenvalue weighted by Gasteiger charge is -2.30. The minimum absolute atomic E-state index is 0.0397.